The van der Waals surface area contributed by atoms with Gasteiger partial charge in [0.2, 0.25) is 0 Å². The molecule has 0 bridgehead atoms. The van der Waals surface area contributed by atoms with E-state index in [4.69, 9.17) is 16.0 Å². The molecule has 5 aromatic rings. The van der Waals surface area contributed by atoms with E-state index in [1.807, 2.05) is 59.3 Å². The molecule has 1 N–H and O–H groups in total. The van der Waals surface area contributed by atoms with Crippen molar-refractivity contribution in [1.82, 2.24) is 30.1 Å². The van der Waals surface area contributed by atoms with Crippen LogP contribution in [0, 0.1) is 0 Å². The predicted octanol–water partition coefficient (Wildman–Crippen LogP) is 6.26. The number of fused-ring (bicyclic) bond motifs is 1. The normalized spacial score (nSPS) is 12.9. The summed E-state index contributed by atoms with van der Waals surface area (Å²) in [5.41, 5.74) is 2.89. The van der Waals surface area contributed by atoms with E-state index >= 15 is 0 Å². The van der Waals surface area contributed by atoms with Gasteiger partial charge in [-0.3, -0.25) is 9.69 Å². The summed E-state index contributed by atoms with van der Waals surface area (Å²) in [5.74, 6) is 1.34. The standard InChI is InChI=1S/C30H33ClN6O2/c1-5-20-13-14-26-22(16-20)17-24(29(38)32-26)27(28-33-34-35-37(28)30(3,4)6-2)36(19-23-11-9-15-39-23)18-21-10-7-8-12-25(21)31/h7-17,27H,5-6,18-19H2,1-4H3,(H,32,38)/t27-/m1/s1. The fraction of sp³-hybridized carbons (Fsp3) is 0.333. The second-order valence-corrected chi connectivity index (χ2v) is 10.8. The highest BCUT2D eigenvalue weighted by atomic mass is 35.5. The van der Waals surface area contributed by atoms with Gasteiger partial charge < -0.3 is 9.40 Å². The summed E-state index contributed by atoms with van der Waals surface area (Å²) in [6.45, 7) is 9.25. The number of tetrazole rings is 1. The summed E-state index contributed by atoms with van der Waals surface area (Å²) in [6, 6.07) is 19.0. The van der Waals surface area contributed by atoms with Crippen molar-refractivity contribution in [3.05, 3.63) is 111 Å². The molecule has 0 amide bonds. The topological polar surface area (TPSA) is 92.8 Å². The highest BCUT2D eigenvalue weighted by Gasteiger charge is 2.35. The Labute approximate surface area is 232 Å². The Balaban J connectivity index is 1.75. The average molecular weight is 545 g/mol. The summed E-state index contributed by atoms with van der Waals surface area (Å²) in [5, 5.41) is 14.6. The molecule has 0 radical (unpaired) electrons. The van der Waals surface area contributed by atoms with Crippen LogP contribution in [0.3, 0.4) is 0 Å². The molecule has 8 nitrogen and oxygen atoms in total. The molecular weight excluding hydrogens is 512 g/mol. The van der Waals surface area contributed by atoms with Crippen LogP contribution >= 0.6 is 11.6 Å². The second kappa shape index (κ2) is 11.2. The van der Waals surface area contributed by atoms with Crippen molar-refractivity contribution >= 4 is 22.5 Å². The summed E-state index contributed by atoms with van der Waals surface area (Å²) in [6.07, 6.45) is 3.35. The number of aryl methyl sites for hydroxylation is 1. The van der Waals surface area contributed by atoms with Crippen molar-refractivity contribution in [2.75, 3.05) is 0 Å². The van der Waals surface area contributed by atoms with Gasteiger partial charge in [0, 0.05) is 22.6 Å². The number of aromatic nitrogens is 5. The van der Waals surface area contributed by atoms with Crippen LogP contribution in [0.1, 0.15) is 68.4 Å². The van der Waals surface area contributed by atoms with Crippen molar-refractivity contribution in [2.24, 2.45) is 0 Å². The number of hydrogen-bond acceptors (Lipinski definition) is 6. The van der Waals surface area contributed by atoms with Gasteiger partial charge in [-0.2, -0.15) is 0 Å². The number of halogens is 1. The molecule has 3 heterocycles. The van der Waals surface area contributed by atoms with Crippen LogP contribution in [-0.4, -0.2) is 30.1 Å². The first kappa shape index (κ1) is 26.8. The lowest BCUT2D eigenvalue weighted by Crippen LogP contribution is -2.38. The van der Waals surface area contributed by atoms with Gasteiger partial charge >= 0.3 is 0 Å². The van der Waals surface area contributed by atoms with Crippen LogP contribution in [0.5, 0.6) is 0 Å². The number of furan rings is 1. The summed E-state index contributed by atoms with van der Waals surface area (Å²) in [7, 11) is 0. The van der Waals surface area contributed by atoms with Crippen molar-refractivity contribution < 1.29 is 4.42 Å². The minimum atomic E-state index is -0.592. The minimum Gasteiger partial charge on any atom is -0.468 e. The molecule has 0 saturated heterocycles. The van der Waals surface area contributed by atoms with Crippen LogP contribution in [0.4, 0.5) is 0 Å². The van der Waals surface area contributed by atoms with E-state index in [9.17, 15) is 4.79 Å². The molecular formula is C30H33ClN6O2. The van der Waals surface area contributed by atoms with Crippen LogP contribution in [0.15, 0.2) is 76.1 Å². The fourth-order valence-electron chi connectivity index (χ4n) is 4.83. The molecule has 0 spiro atoms. The third-order valence-electron chi connectivity index (χ3n) is 7.45. The van der Waals surface area contributed by atoms with Gasteiger partial charge in [-0.25, -0.2) is 4.68 Å². The SMILES string of the molecule is CCc1ccc2[nH]c(=O)c([C@H](c3nnnn3C(C)(C)CC)N(Cc3ccco3)Cc3ccccc3Cl)cc2c1. The number of aromatic amines is 1. The largest absolute Gasteiger partial charge is 0.468 e. The van der Waals surface area contributed by atoms with Crippen LogP contribution in [-0.2, 0) is 25.0 Å². The molecule has 9 heteroatoms. The lowest BCUT2D eigenvalue weighted by atomic mass is 9.98. The van der Waals surface area contributed by atoms with E-state index in [-0.39, 0.29) is 11.1 Å². The first-order valence-corrected chi connectivity index (χ1v) is 13.6. The number of nitrogens with zero attached hydrogens (tertiary/aromatic N) is 5. The fourth-order valence-corrected chi connectivity index (χ4v) is 5.02. The van der Waals surface area contributed by atoms with E-state index < -0.39 is 6.04 Å². The first-order chi connectivity index (χ1) is 18.8. The molecule has 0 fully saturated rings. The number of benzene rings is 2. The number of nitrogens with one attached hydrogen (secondary N) is 1. The Morgan fingerprint density at radius 3 is 2.62 bits per heavy atom. The Morgan fingerprint density at radius 1 is 1.08 bits per heavy atom. The zero-order valence-electron chi connectivity index (χ0n) is 22.7. The monoisotopic (exact) mass is 544 g/mol. The van der Waals surface area contributed by atoms with Gasteiger partial charge in [0.25, 0.3) is 5.56 Å². The average Bonchev–Trinajstić information content (AvgIpc) is 3.63. The maximum atomic E-state index is 13.8. The lowest BCUT2D eigenvalue weighted by Gasteiger charge is -2.33. The van der Waals surface area contributed by atoms with Crippen LogP contribution in [0.2, 0.25) is 5.02 Å². The van der Waals surface area contributed by atoms with E-state index in [0.29, 0.717) is 29.5 Å². The third-order valence-corrected chi connectivity index (χ3v) is 7.82. The van der Waals surface area contributed by atoms with E-state index in [0.717, 1.165) is 35.1 Å². The molecule has 39 heavy (non-hydrogen) atoms. The number of rotatable bonds is 10. The zero-order chi connectivity index (χ0) is 27.6. The molecule has 0 aliphatic carbocycles. The maximum Gasteiger partial charge on any atom is 0.253 e. The lowest BCUT2D eigenvalue weighted by molar-refractivity contribution is 0.168. The molecule has 3 aromatic heterocycles. The molecule has 0 saturated carbocycles. The molecule has 2 aromatic carbocycles. The van der Waals surface area contributed by atoms with Gasteiger partial charge in [-0.15, -0.1) is 5.10 Å². The van der Waals surface area contributed by atoms with Crippen LogP contribution in [0.25, 0.3) is 10.9 Å². The highest BCUT2D eigenvalue weighted by molar-refractivity contribution is 6.31. The Bertz CT molecular complexity index is 1620. The Morgan fingerprint density at radius 2 is 1.90 bits per heavy atom. The molecule has 0 aliphatic heterocycles. The summed E-state index contributed by atoms with van der Waals surface area (Å²) < 4.78 is 7.60. The molecule has 5 rings (SSSR count). The third kappa shape index (κ3) is 5.53. The van der Waals surface area contributed by atoms with Crippen molar-refractivity contribution in [2.45, 2.75) is 65.2 Å². The number of H-pyrrole nitrogens is 1. The van der Waals surface area contributed by atoms with E-state index in [1.165, 1.54) is 5.56 Å². The minimum absolute atomic E-state index is 0.191. The summed E-state index contributed by atoms with van der Waals surface area (Å²) in [4.78, 5) is 19.0. The number of hydrogen-bond donors (Lipinski definition) is 1. The first-order valence-electron chi connectivity index (χ1n) is 13.2. The Kier molecular flexibility index (Phi) is 7.68. The van der Waals surface area contributed by atoms with Crippen molar-refractivity contribution in [1.29, 1.82) is 0 Å². The number of pyridine rings is 1. The molecule has 1 atom stereocenters. The molecule has 0 unspecified atom stereocenters. The van der Waals surface area contributed by atoms with Crippen molar-refractivity contribution in [3.63, 3.8) is 0 Å². The van der Waals surface area contributed by atoms with Gasteiger partial charge in [0.05, 0.1) is 18.3 Å². The smallest absolute Gasteiger partial charge is 0.253 e. The second-order valence-electron chi connectivity index (χ2n) is 10.4. The van der Waals surface area contributed by atoms with Gasteiger partial charge in [0.15, 0.2) is 5.82 Å². The molecule has 202 valence electrons. The highest BCUT2D eigenvalue weighted by Crippen LogP contribution is 2.34. The Hall–Kier alpha value is -3.75. The van der Waals surface area contributed by atoms with Gasteiger partial charge in [-0.1, -0.05) is 49.7 Å². The quantitative estimate of drug-likeness (QED) is 0.223. The van der Waals surface area contributed by atoms with Crippen molar-refractivity contribution in [3.8, 4) is 0 Å². The van der Waals surface area contributed by atoms with Gasteiger partial charge in [0.1, 0.15) is 11.8 Å². The summed E-state index contributed by atoms with van der Waals surface area (Å²) >= 11 is 6.63. The zero-order valence-corrected chi connectivity index (χ0v) is 23.4. The molecule has 0 aliphatic rings. The van der Waals surface area contributed by atoms with E-state index in [1.54, 1.807) is 6.26 Å². The predicted molar refractivity (Wildman–Crippen MR) is 153 cm³/mol. The maximum absolute atomic E-state index is 13.8. The van der Waals surface area contributed by atoms with Crippen LogP contribution < -0.4 is 5.56 Å². The van der Waals surface area contributed by atoms with E-state index in [2.05, 4.69) is 59.2 Å². The van der Waals surface area contributed by atoms with Gasteiger partial charge in [-0.05, 0) is 90.0 Å².